The molecule has 0 bridgehead atoms. The lowest BCUT2D eigenvalue weighted by Crippen LogP contribution is -2.07. The highest BCUT2D eigenvalue weighted by atomic mass is 79.9. The van der Waals surface area contributed by atoms with Crippen LogP contribution < -0.4 is 0 Å². The molecule has 0 amide bonds. The normalized spacial score (nSPS) is 10.6. The zero-order chi connectivity index (χ0) is 14.7. The molecule has 1 heterocycles. The van der Waals surface area contributed by atoms with Crippen LogP contribution in [0.4, 0.5) is 0 Å². The van der Waals surface area contributed by atoms with Crippen LogP contribution in [0, 0.1) is 0 Å². The Kier molecular flexibility index (Phi) is 5.43. The number of thiazole rings is 1. The summed E-state index contributed by atoms with van der Waals surface area (Å²) in [7, 11) is 0. The van der Waals surface area contributed by atoms with Crippen molar-refractivity contribution in [3.63, 3.8) is 0 Å². The Morgan fingerprint density at radius 3 is 2.80 bits per heavy atom. The number of esters is 1. The second-order valence-electron chi connectivity index (χ2n) is 3.87. The molecule has 7 heteroatoms. The van der Waals surface area contributed by atoms with Crippen molar-refractivity contribution in [2.75, 3.05) is 6.61 Å². The van der Waals surface area contributed by atoms with Crippen LogP contribution >= 0.6 is 50.5 Å². The molecule has 20 heavy (non-hydrogen) atoms. The van der Waals surface area contributed by atoms with Gasteiger partial charge in [0.05, 0.1) is 28.8 Å². The molecule has 0 aliphatic heterocycles. The lowest BCUT2D eigenvalue weighted by Gasteiger charge is -2.03. The second kappa shape index (κ2) is 6.89. The van der Waals surface area contributed by atoms with Crippen LogP contribution in [0.15, 0.2) is 22.0 Å². The van der Waals surface area contributed by atoms with Gasteiger partial charge in [0, 0.05) is 15.4 Å². The van der Waals surface area contributed by atoms with Crippen molar-refractivity contribution in [1.82, 2.24) is 4.98 Å². The molecule has 2 rings (SSSR count). The van der Waals surface area contributed by atoms with E-state index < -0.39 is 0 Å². The first kappa shape index (κ1) is 15.8. The van der Waals surface area contributed by atoms with E-state index in [1.165, 1.54) is 11.3 Å². The molecule has 0 fully saturated rings. The van der Waals surface area contributed by atoms with E-state index in [-0.39, 0.29) is 12.4 Å². The van der Waals surface area contributed by atoms with Crippen molar-refractivity contribution in [3.8, 4) is 10.6 Å². The number of rotatable bonds is 4. The van der Waals surface area contributed by atoms with Crippen LogP contribution in [0.1, 0.15) is 12.6 Å². The molecule has 0 aliphatic rings. The van der Waals surface area contributed by atoms with Crippen LogP contribution in [-0.2, 0) is 16.0 Å². The van der Waals surface area contributed by atoms with Crippen LogP contribution in [0.25, 0.3) is 10.6 Å². The maximum atomic E-state index is 11.4. The minimum atomic E-state index is -0.280. The maximum absolute atomic E-state index is 11.4. The number of benzene rings is 1. The van der Waals surface area contributed by atoms with Gasteiger partial charge in [-0.1, -0.05) is 39.1 Å². The molecule has 0 atom stereocenters. The average Bonchev–Trinajstić information content (AvgIpc) is 2.82. The lowest BCUT2D eigenvalue weighted by atomic mass is 10.2. The summed E-state index contributed by atoms with van der Waals surface area (Å²) in [5, 5.41) is 3.55. The summed E-state index contributed by atoms with van der Waals surface area (Å²) in [5.74, 6) is -0.280. The standard InChI is InChI=1S/C13H10BrCl2NO2S/c1-2-19-12(18)3-7-6-20-13(17-7)8-4-10(15)11(16)5-9(8)14/h4-6H,2-3H2,1H3. The molecular formula is C13H10BrCl2NO2S. The molecule has 0 saturated carbocycles. The van der Waals surface area contributed by atoms with Gasteiger partial charge in [-0.25, -0.2) is 4.98 Å². The van der Waals surface area contributed by atoms with Gasteiger partial charge in [0.25, 0.3) is 0 Å². The van der Waals surface area contributed by atoms with Crippen molar-refractivity contribution in [3.05, 3.63) is 37.7 Å². The zero-order valence-electron chi connectivity index (χ0n) is 10.5. The summed E-state index contributed by atoms with van der Waals surface area (Å²) in [4.78, 5) is 15.8. The van der Waals surface area contributed by atoms with Gasteiger partial charge in [0.15, 0.2) is 0 Å². The number of carbonyl (C=O) groups is 1. The highest BCUT2D eigenvalue weighted by Crippen LogP contribution is 2.36. The maximum Gasteiger partial charge on any atom is 0.311 e. The summed E-state index contributed by atoms with van der Waals surface area (Å²) in [6.45, 7) is 2.14. The van der Waals surface area contributed by atoms with Crippen molar-refractivity contribution >= 4 is 56.4 Å². The van der Waals surface area contributed by atoms with E-state index >= 15 is 0 Å². The van der Waals surface area contributed by atoms with E-state index in [1.807, 2.05) is 5.38 Å². The van der Waals surface area contributed by atoms with Crippen molar-refractivity contribution in [2.45, 2.75) is 13.3 Å². The van der Waals surface area contributed by atoms with E-state index in [9.17, 15) is 4.79 Å². The molecular weight excluding hydrogens is 385 g/mol. The summed E-state index contributed by atoms with van der Waals surface area (Å²) < 4.78 is 5.71. The molecule has 0 spiro atoms. The summed E-state index contributed by atoms with van der Waals surface area (Å²) in [6.07, 6.45) is 0.170. The first-order valence-electron chi connectivity index (χ1n) is 5.76. The highest BCUT2D eigenvalue weighted by molar-refractivity contribution is 9.10. The minimum Gasteiger partial charge on any atom is -0.466 e. The van der Waals surface area contributed by atoms with Crippen molar-refractivity contribution in [1.29, 1.82) is 0 Å². The van der Waals surface area contributed by atoms with E-state index in [0.29, 0.717) is 22.3 Å². The third-order valence-corrected chi connectivity index (χ3v) is 4.73. The number of aromatic nitrogens is 1. The number of hydrogen-bond donors (Lipinski definition) is 0. The quantitative estimate of drug-likeness (QED) is 0.541. The fourth-order valence-electron chi connectivity index (χ4n) is 1.56. The first-order valence-corrected chi connectivity index (χ1v) is 8.19. The summed E-state index contributed by atoms with van der Waals surface area (Å²) >= 11 is 16.8. The number of carbonyl (C=O) groups excluding carboxylic acids is 1. The summed E-state index contributed by atoms with van der Waals surface area (Å²) in [6, 6.07) is 3.48. The van der Waals surface area contributed by atoms with Gasteiger partial charge in [-0.05, 0) is 19.1 Å². The monoisotopic (exact) mass is 393 g/mol. The Hall–Kier alpha value is -0.620. The fraction of sp³-hybridized carbons (Fsp3) is 0.231. The molecule has 0 unspecified atom stereocenters. The molecule has 1 aromatic heterocycles. The molecule has 0 aliphatic carbocycles. The second-order valence-corrected chi connectivity index (χ2v) is 6.40. The van der Waals surface area contributed by atoms with Crippen LogP contribution in [0.5, 0.6) is 0 Å². The van der Waals surface area contributed by atoms with E-state index in [0.717, 1.165) is 15.0 Å². The topological polar surface area (TPSA) is 39.2 Å². The smallest absolute Gasteiger partial charge is 0.311 e. The van der Waals surface area contributed by atoms with Gasteiger partial charge in [-0.15, -0.1) is 11.3 Å². The van der Waals surface area contributed by atoms with E-state index in [2.05, 4.69) is 20.9 Å². The van der Waals surface area contributed by atoms with Gasteiger partial charge >= 0.3 is 5.97 Å². The van der Waals surface area contributed by atoms with Crippen LogP contribution in [-0.4, -0.2) is 17.6 Å². The summed E-state index contributed by atoms with van der Waals surface area (Å²) in [5.41, 5.74) is 1.53. The Morgan fingerprint density at radius 1 is 1.40 bits per heavy atom. The van der Waals surface area contributed by atoms with E-state index in [4.69, 9.17) is 27.9 Å². The molecule has 2 aromatic rings. The first-order chi connectivity index (χ1) is 9.51. The van der Waals surface area contributed by atoms with Gasteiger partial charge in [-0.2, -0.15) is 0 Å². The third kappa shape index (κ3) is 3.73. The number of ether oxygens (including phenoxy) is 1. The molecule has 0 radical (unpaired) electrons. The predicted octanol–water partition coefficient (Wildman–Crippen LogP) is 4.99. The average molecular weight is 395 g/mol. The Balaban J connectivity index is 2.25. The fourth-order valence-corrected chi connectivity index (χ4v) is 3.53. The predicted molar refractivity (Wildman–Crippen MR) is 85.6 cm³/mol. The largest absolute Gasteiger partial charge is 0.466 e. The number of hydrogen-bond acceptors (Lipinski definition) is 4. The van der Waals surface area contributed by atoms with E-state index in [1.54, 1.807) is 19.1 Å². The third-order valence-electron chi connectivity index (χ3n) is 2.42. The Morgan fingerprint density at radius 2 is 2.10 bits per heavy atom. The Bertz CT molecular complexity index is 645. The van der Waals surface area contributed by atoms with Crippen LogP contribution in [0.3, 0.4) is 0 Å². The lowest BCUT2D eigenvalue weighted by molar-refractivity contribution is -0.142. The molecule has 0 N–H and O–H groups in total. The minimum absolute atomic E-state index is 0.170. The number of halogens is 3. The molecule has 0 saturated heterocycles. The Labute approximate surface area is 139 Å². The van der Waals surface area contributed by atoms with Gasteiger partial charge in [0.1, 0.15) is 5.01 Å². The molecule has 106 valence electrons. The van der Waals surface area contributed by atoms with Gasteiger partial charge < -0.3 is 4.74 Å². The zero-order valence-corrected chi connectivity index (χ0v) is 14.4. The van der Waals surface area contributed by atoms with Gasteiger partial charge in [-0.3, -0.25) is 4.79 Å². The molecule has 3 nitrogen and oxygen atoms in total. The highest BCUT2D eigenvalue weighted by Gasteiger charge is 2.13. The molecule has 1 aromatic carbocycles. The van der Waals surface area contributed by atoms with Crippen LogP contribution in [0.2, 0.25) is 10.0 Å². The SMILES string of the molecule is CCOC(=O)Cc1csc(-c2cc(Cl)c(Cl)cc2Br)n1. The van der Waals surface area contributed by atoms with Crippen molar-refractivity contribution < 1.29 is 9.53 Å². The van der Waals surface area contributed by atoms with Crippen molar-refractivity contribution in [2.24, 2.45) is 0 Å². The van der Waals surface area contributed by atoms with Gasteiger partial charge in [0.2, 0.25) is 0 Å². The number of nitrogens with zero attached hydrogens (tertiary/aromatic N) is 1.